The van der Waals surface area contributed by atoms with Crippen LogP contribution in [0.3, 0.4) is 0 Å². The Labute approximate surface area is 158 Å². The van der Waals surface area contributed by atoms with E-state index in [1.807, 2.05) is 6.07 Å². The molecule has 1 heterocycles. The molecule has 0 bridgehead atoms. The Morgan fingerprint density at radius 3 is 2.41 bits per heavy atom. The van der Waals surface area contributed by atoms with Gasteiger partial charge in [0.25, 0.3) is 5.91 Å². The molecule has 0 atom stereocenters. The second-order valence-electron chi connectivity index (χ2n) is 6.51. The highest BCUT2D eigenvalue weighted by Crippen LogP contribution is 2.24. The minimum Gasteiger partial charge on any atom is -0.366 e. The van der Waals surface area contributed by atoms with Crippen LogP contribution >= 0.6 is 0 Å². The number of benzene rings is 2. The summed E-state index contributed by atoms with van der Waals surface area (Å²) in [6.45, 7) is 0.786. The Hall–Kier alpha value is -2.87. The van der Waals surface area contributed by atoms with E-state index in [0.29, 0.717) is 36.3 Å². The van der Waals surface area contributed by atoms with E-state index in [-0.39, 0.29) is 11.7 Å². The minimum absolute atomic E-state index is 0.154. The minimum atomic E-state index is -3.24. The highest BCUT2D eigenvalue weighted by atomic mass is 32.2. The molecule has 1 aliphatic heterocycles. The number of anilines is 1. The lowest BCUT2D eigenvalue weighted by atomic mass is 10.1. The van der Waals surface area contributed by atoms with E-state index in [1.165, 1.54) is 9.21 Å². The SMILES string of the molecule is CN(Cc1cccc(C(N)=O)c1)C(=O)c1ccc(N2CCCS2(=O)=O)cc1. The standard InChI is InChI=1S/C19H21N3O4S/c1-21(13-14-4-2-5-16(12-14)18(20)23)19(24)15-6-8-17(9-7-15)22-10-3-11-27(22,25)26/h2,4-9,12H,3,10-11,13H2,1H3,(H2,20,23). The fraction of sp³-hybridized carbons (Fsp3) is 0.263. The molecule has 0 aromatic heterocycles. The summed E-state index contributed by atoms with van der Waals surface area (Å²) in [4.78, 5) is 25.4. The Balaban J connectivity index is 1.72. The first-order valence-electron chi connectivity index (χ1n) is 8.52. The zero-order chi connectivity index (χ0) is 19.6. The first kappa shape index (κ1) is 18.9. The smallest absolute Gasteiger partial charge is 0.253 e. The molecular formula is C19H21N3O4S. The van der Waals surface area contributed by atoms with Crippen LogP contribution in [0.2, 0.25) is 0 Å². The third-order valence-electron chi connectivity index (χ3n) is 4.48. The lowest BCUT2D eigenvalue weighted by Gasteiger charge is -2.19. The van der Waals surface area contributed by atoms with Gasteiger partial charge < -0.3 is 10.6 Å². The van der Waals surface area contributed by atoms with Gasteiger partial charge in [0.1, 0.15) is 0 Å². The van der Waals surface area contributed by atoms with Crippen molar-refractivity contribution in [2.24, 2.45) is 5.73 Å². The Bertz CT molecular complexity index is 971. The van der Waals surface area contributed by atoms with Crippen LogP contribution in [0.15, 0.2) is 48.5 Å². The van der Waals surface area contributed by atoms with Crippen LogP contribution in [-0.2, 0) is 16.6 Å². The van der Waals surface area contributed by atoms with Gasteiger partial charge in [-0.15, -0.1) is 0 Å². The first-order valence-corrected chi connectivity index (χ1v) is 10.1. The number of hydrogen-bond acceptors (Lipinski definition) is 4. The van der Waals surface area contributed by atoms with Gasteiger partial charge in [0.15, 0.2) is 0 Å². The summed E-state index contributed by atoms with van der Waals surface area (Å²) in [5.74, 6) is -0.561. The van der Waals surface area contributed by atoms with Crippen LogP contribution in [0, 0.1) is 0 Å². The Kier molecular flexibility index (Phi) is 5.18. The average Bonchev–Trinajstić information content (AvgIpc) is 3.00. The van der Waals surface area contributed by atoms with Crippen molar-refractivity contribution in [1.82, 2.24) is 4.90 Å². The lowest BCUT2D eigenvalue weighted by molar-refractivity contribution is 0.0785. The van der Waals surface area contributed by atoms with Crippen molar-refractivity contribution in [2.75, 3.05) is 23.7 Å². The summed E-state index contributed by atoms with van der Waals surface area (Å²) < 4.78 is 25.3. The van der Waals surface area contributed by atoms with Gasteiger partial charge in [-0.2, -0.15) is 0 Å². The molecule has 1 fully saturated rings. The molecule has 2 aromatic rings. The summed E-state index contributed by atoms with van der Waals surface area (Å²) in [7, 11) is -1.58. The number of carbonyl (C=O) groups excluding carboxylic acids is 2. The molecular weight excluding hydrogens is 366 g/mol. The van der Waals surface area contributed by atoms with E-state index in [2.05, 4.69) is 0 Å². The molecule has 0 spiro atoms. The number of hydrogen-bond donors (Lipinski definition) is 1. The van der Waals surface area contributed by atoms with Crippen molar-refractivity contribution in [3.05, 3.63) is 65.2 Å². The molecule has 1 aliphatic rings. The summed E-state index contributed by atoms with van der Waals surface area (Å²) in [6.07, 6.45) is 0.607. The van der Waals surface area contributed by atoms with E-state index >= 15 is 0 Å². The quantitative estimate of drug-likeness (QED) is 0.842. The zero-order valence-corrected chi connectivity index (χ0v) is 15.8. The number of nitrogens with zero attached hydrogens (tertiary/aromatic N) is 2. The number of rotatable bonds is 5. The zero-order valence-electron chi connectivity index (χ0n) is 15.0. The second-order valence-corrected chi connectivity index (χ2v) is 8.53. The molecule has 0 radical (unpaired) electrons. The number of nitrogens with two attached hydrogens (primary N) is 1. The monoisotopic (exact) mass is 387 g/mol. The summed E-state index contributed by atoms with van der Waals surface area (Å²) in [5.41, 5.74) is 7.50. The van der Waals surface area contributed by atoms with Gasteiger partial charge >= 0.3 is 0 Å². The van der Waals surface area contributed by atoms with E-state index < -0.39 is 15.9 Å². The molecule has 2 aromatic carbocycles. The highest BCUT2D eigenvalue weighted by molar-refractivity contribution is 7.93. The predicted molar refractivity (Wildman–Crippen MR) is 103 cm³/mol. The number of sulfonamides is 1. The summed E-state index contributed by atoms with van der Waals surface area (Å²) in [6, 6.07) is 13.4. The molecule has 3 rings (SSSR count). The van der Waals surface area contributed by atoms with Gasteiger partial charge in [0.05, 0.1) is 11.4 Å². The number of carbonyl (C=O) groups is 2. The van der Waals surface area contributed by atoms with Crippen molar-refractivity contribution >= 4 is 27.5 Å². The predicted octanol–water partition coefficient (Wildman–Crippen LogP) is 1.60. The molecule has 0 aliphatic carbocycles. The maximum absolute atomic E-state index is 12.6. The Morgan fingerprint density at radius 2 is 1.81 bits per heavy atom. The molecule has 8 heteroatoms. The van der Waals surface area contributed by atoms with Crippen molar-refractivity contribution in [3.63, 3.8) is 0 Å². The molecule has 0 saturated carbocycles. The van der Waals surface area contributed by atoms with Crippen LogP contribution in [0.4, 0.5) is 5.69 Å². The van der Waals surface area contributed by atoms with Gasteiger partial charge in [-0.05, 0) is 48.4 Å². The van der Waals surface area contributed by atoms with Crippen molar-refractivity contribution in [2.45, 2.75) is 13.0 Å². The van der Waals surface area contributed by atoms with Gasteiger partial charge in [-0.25, -0.2) is 8.42 Å². The van der Waals surface area contributed by atoms with Gasteiger partial charge in [-0.3, -0.25) is 13.9 Å². The van der Waals surface area contributed by atoms with Crippen molar-refractivity contribution in [1.29, 1.82) is 0 Å². The van der Waals surface area contributed by atoms with Gasteiger partial charge in [0.2, 0.25) is 15.9 Å². The lowest BCUT2D eigenvalue weighted by Crippen LogP contribution is -2.27. The van der Waals surface area contributed by atoms with E-state index in [9.17, 15) is 18.0 Å². The number of primary amides is 1. The van der Waals surface area contributed by atoms with Gasteiger partial charge in [-0.1, -0.05) is 12.1 Å². The molecule has 0 unspecified atom stereocenters. The highest BCUT2D eigenvalue weighted by Gasteiger charge is 2.28. The summed E-state index contributed by atoms with van der Waals surface area (Å²) in [5, 5.41) is 0. The molecule has 2 N–H and O–H groups in total. The molecule has 27 heavy (non-hydrogen) atoms. The second kappa shape index (κ2) is 7.40. The van der Waals surface area contributed by atoms with Crippen LogP contribution in [-0.4, -0.2) is 44.5 Å². The molecule has 2 amide bonds. The fourth-order valence-corrected chi connectivity index (χ4v) is 4.65. The fourth-order valence-electron chi connectivity index (χ4n) is 3.09. The topological polar surface area (TPSA) is 101 Å². The first-order chi connectivity index (χ1) is 12.8. The summed E-state index contributed by atoms with van der Waals surface area (Å²) >= 11 is 0. The largest absolute Gasteiger partial charge is 0.366 e. The number of amides is 2. The van der Waals surface area contributed by atoms with Gasteiger partial charge in [0, 0.05) is 31.3 Å². The Morgan fingerprint density at radius 1 is 1.11 bits per heavy atom. The van der Waals surface area contributed by atoms with Crippen molar-refractivity contribution in [3.8, 4) is 0 Å². The third-order valence-corrected chi connectivity index (χ3v) is 6.35. The molecule has 7 nitrogen and oxygen atoms in total. The van der Waals surface area contributed by atoms with Crippen LogP contribution in [0.25, 0.3) is 0 Å². The van der Waals surface area contributed by atoms with Crippen molar-refractivity contribution < 1.29 is 18.0 Å². The van der Waals surface area contributed by atoms with Crippen LogP contribution in [0.5, 0.6) is 0 Å². The molecule has 1 saturated heterocycles. The normalized spacial score (nSPS) is 15.5. The van der Waals surface area contributed by atoms with Crippen LogP contribution in [0.1, 0.15) is 32.7 Å². The maximum atomic E-state index is 12.6. The average molecular weight is 387 g/mol. The van der Waals surface area contributed by atoms with E-state index in [1.54, 1.807) is 49.5 Å². The van der Waals surface area contributed by atoms with Crippen LogP contribution < -0.4 is 10.0 Å². The van der Waals surface area contributed by atoms with E-state index in [0.717, 1.165) is 5.56 Å². The third kappa shape index (κ3) is 4.11. The molecule has 142 valence electrons. The van der Waals surface area contributed by atoms with E-state index in [4.69, 9.17) is 5.73 Å². The maximum Gasteiger partial charge on any atom is 0.253 e.